The van der Waals surface area contributed by atoms with E-state index in [4.69, 9.17) is 19.7 Å². The van der Waals surface area contributed by atoms with Gasteiger partial charge in [0.2, 0.25) is 0 Å². The SMILES string of the molecule is C=C(CC(=O)OC[C@H](O)CO)C(=O)OCCCCCCCCCCCC. The standard InChI is InChI=1S/C20H36O6/c1-3-4-5-6-7-8-9-10-11-12-13-25-20(24)17(2)14-19(23)26-16-18(22)15-21/h18,21-22H,2-16H2,1H3/t18-/m1/s1. The maximum absolute atomic E-state index is 11.7. The van der Waals surface area contributed by atoms with Gasteiger partial charge in [0, 0.05) is 5.57 Å². The summed E-state index contributed by atoms with van der Waals surface area (Å²) in [5.74, 6) is -1.28. The second kappa shape index (κ2) is 17.0. The predicted molar refractivity (Wildman–Crippen MR) is 101 cm³/mol. The van der Waals surface area contributed by atoms with E-state index in [1.807, 2.05) is 0 Å². The van der Waals surface area contributed by atoms with Crippen molar-refractivity contribution < 1.29 is 29.3 Å². The van der Waals surface area contributed by atoms with Gasteiger partial charge in [-0.2, -0.15) is 0 Å². The lowest BCUT2D eigenvalue weighted by atomic mass is 10.1. The molecule has 0 spiro atoms. The molecule has 0 unspecified atom stereocenters. The van der Waals surface area contributed by atoms with Gasteiger partial charge in [-0.25, -0.2) is 4.79 Å². The van der Waals surface area contributed by atoms with E-state index in [1.54, 1.807) is 0 Å². The van der Waals surface area contributed by atoms with Crippen LogP contribution in [0.4, 0.5) is 0 Å². The number of ether oxygens (including phenoxy) is 2. The fourth-order valence-corrected chi connectivity index (χ4v) is 2.40. The molecule has 0 aromatic rings. The summed E-state index contributed by atoms with van der Waals surface area (Å²) in [5.41, 5.74) is 0.0283. The Bertz CT molecular complexity index is 394. The number of carbonyl (C=O) groups excluding carboxylic acids is 2. The zero-order valence-corrected chi connectivity index (χ0v) is 16.2. The third-order valence-corrected chi connectivity index (χ3v) is 4.02. The predicted octanol–water partition coefficient (Wildman–Crippen LogP) is 3.29. The van der Waals surface area contributed by atoms with E-state index < -0.39 is 24.6 Å². The lowest BCUT2D eigenvalue weighted by Crippen LogP contribution is -2.22. The lowest BCUT2D eigenvalue weighted by Gasteiger charge is -2.09. The molecule has 0 heterocycles. The number of esters is 2. The number of carbonyl (C=O) groups is 2. The minimum Gasteiger partial charge on any atom is -0.463 e. The Kier molecular flexibility index (Phi) is 16.1. The normalized spacial score (nSPS) is 11.8. The van der Waals surface area contributed by atoms with Crippen LogP contribution in [0.2, 0.25) is 0 Å². The Morgan fingerprint density at radius 3 is 2.00 bits per heavy atom. The number of rotatable bonds is 17. The number of unbranched alkanes of at least 4 members (excludes halogenated alkanes) is 9. The van der Waals surface area contributed by atoms with Crippen molar-refractivity contribution in [3.05, 3.63) is 12.2 Å². The lowest BCUT2D eigenvalue weighted by molar-refractivity contribution is -0.149. The van der Waals surface area contributed by atoms with E-state index >= 15 is 0 Å². The van der Waals surface area contributed by atoms with Gasteiger partial charge in [-0.15, -0.1) is 0 Å². The van der Waals surface area contributed by atoms with Crippen LogP contribution in [0.25, 0.3) is 0 Å². The van der Waals surface area contributed by atoms with Crippen LogP contribution < -0.4 is 0 Å². The fraction of sp³-hybridized carbons (Fsp3) is 0.800. The van der Waals surface area contributed by atoms with Gasteiger partial charge in [-0.1, -0.05) is 71.3 Å². The zero-order valence-electron chi connectivity index (χ0n) is 16.2. The largest absolute Gasteiger partial charge is 0.463 e. The monoisotopic (exact) mass is 372 g/mol. The van der Waals surface area contributed by atoms with Crippen molar-refractivity contribution in [3.63, 3.8) is 0 Å². The van der Waals surface area contributed by atoms with Gasteiger partial charge in [-0.3, -0.25) is 4.79 Å². The molecule has 0 saturated heterocycles. The van der Waals surface area contributed by atoms with E-state index in [-0.39, 0.29) is 18.6 Å². The summed E-state index contributed by atoms with van der Waals surface area (Å²) in [6, 6.07) is 0. The highest BCUT2D eigenvalue weighted by Gasteiger charge is 2.15. The molecule has 0 aromatic carbocycles. The van der Waals surface area contributed by atoms with Gasteiger partial charge in [-0.05, 0) is 6.42 Å². The van der Waals surface area contributed by atoms with Gasteiger partial charge in [0.05, 0.1) is 19.6 Å². The second-order valence-corrected chi connectivity index (χ2v) is 6.62. The molecule has 0 rings (SSSR count). The summed E-state index contributed by atoms with van der Waals surface area (Å²) in [6.07, 6.45) is 10.7. The van der Waals surface area contributed by atoms with Gasteiger partial charge in [0.25, 0.3) is 0 Å². The molecule has 0 aromatic heterocycles. The summed E-state index contributed by atoms with van der Waals surface area (Å²) in [5, 5.41) is 17.7. The van der Waals surface area contributed by atoms with Crippen molar-refractivity contribution >= 4 is 11.9 Å². The van der Waals surface area contributed by atoms with Crippen LogP contribution in [0.3, 0.4) is 0 Å². The van der Waals surface area contributed by atoms with Crippen LogP contribution >= 0.6 is 0 Å². The molecule has 26 heavy (non-hydrogen) atoms. The molecule has 0 aliphatic heterocycles. The first kappa shape index (κ1) is 24.6. The molecule has 0 bridgehead atoms. The van der Waals surface area contributed by atoms with Crippen LogP contribution in [0.1, 0.15) is 77.6 Å². The van der Waals surface area contributed by atoms with Gasteiger partial charge >= 0.3 is 11.9 Å². The molecule has 0 amide bonds. The first-order valence-electron chi connectivity index (χ1n) is 9.80. The van der Waals surface area contributed by atoms with Crippen molar-refractivity contribution in [1.82, 2.24) is 0 Å². The first-order valence-corrected chi connectivity index (χ1v) is 9.80. The molecule has 2 N–H and O–H groups in total. The van der Waals surface area contributed by atoms with E-state index in [1.165, 1.54) is 44.9 Å². The van der Waals surface area contributed by atoms with E-state index in [0.29, 0.717) is 6.61 Å². The highest BCUT2D eigenvalue weighted by Crippen LogP contribution is 2.11. The summed E-state index contributed by atoms with van der Waals surface area (Å²) >= 11 is 0. The molecular weight excluding hydrogens is 336 g/mol. The molecule has 0 fully saturated rings. The van der Waals surface area contributed by atoms with Crippen molar-refractivity contribution in [3.8, 4) is 0 Å². The first-order chi connectivity index (χ1) is 12.5. The van der Waals surface area contributed by atoms with Crippen molar-refractivity contribution in [1.29, 1.82) is 0 Å². The molecule has 0 saturated carbocycles. The van der Waals surface area contributed by atoms with Crippen molar-refractivity contribution in [2.24, 2.45) is 0 Å². The molecule has 152 valence electrons. The Morgan fingerprint density at radius 1 is 0.923 bits per heavy atom. The minimum absolute atomic E-state index is 0.0283. The average molecular weight is 373 g/mol. The molecule has 6 nitrogen and oxygen atoms in total. The summed E-state index contributed by atoms with van der Waals surface area (Å²) in [7, 11) is 0. The van der Waals surface area contributed by atoms with Crippen LogP contribution in [0, 0.1) is 0 Å². The fourth-order valence-electron chi connectivity index (χ4n) is 2.40. The smallest absolute Gasteiger partial charge is 0.333 e. The van der Waals surface area contributed by atoms with Crippen LogP contribution in [-0.2, 0) is 19.1 Å². The van der Waals surface area contributed by atoms with Crippen LogP contribution in [0.5, 0.6) is 0 Å². The number of hydrogen-bond donors (Lipinski definition) is 2. The van der Waals surface area contributed by atoms with E-state index in [9.17, 15) is 9.59 Å². The molecular formula is C20H36O6. The highest BCUT2D eigenvalue weighted by molar-refractivity contribution is 5.93. The summed E-state index contributed by atoms with van der Waals surface area (Å²) in [6.45, 7) is 5.27. The van der Waals surface area contributed by atoms with Gasteiger partial charge < -0.3 is 19.7 Å². The third-order valence-electron chi connectivity index (χ3n) is 4.02. The second-order valence-electron chi connectivity index (χ2n) is 6.62. The van der Waals surface area contributed by atoms with Gasteiger partial charge in [0.1, 0.15) is 12.7 Å². The van der Waals surface area contributed by atoms with Crippen LogP contribution in [-0.4, -0.2) is 48.1 Å². The number of aliphatic hydroxyl groups is 2. The third kappa shape index (κ3) is 14.9. The van der Waals surface area contributed by atoms with E-state index in [0.717, 1.165) is 19.3 Å². The molecule has 0 aliphatic rings. The minimum atomic E-state index is -1.12. The Hall–Kier alpha value is -1.40. The maximum atomic E-state index is 11.7. The average Bonchev–Trinajstić information content (AvgIpc) is 2.63. The van der Waals surface area contributed by atoms with Crippen molar-refractivity contribution in [2.45, 2.75) is 83.7 Å². The van der Waals surface area contributed by atoms with Crippen LogP contribution in [0.15, 0.2) is 12.2 Å². The summed E-state index contributed by atoms with van der Waals surface area (Å²) in [4.78, 5) is 23.2. The molecule has 6 heteroatoms. The molecule has 1 atom stereocenters. The van der Waals surface area contributed by atoms with E-state index in [2.05, 4.69) is 13.5 Å². The molecule has 0 aliphatic carbocycles. The Morgan fingerprint density at radius 2 is 1.46 bits per heavy atom. The summed E-state index contributed by atoms with van der Waals surface area (Å²) < 4.78 is 9.80. The van der Waals surface area contributed by atoms with Crippen molar-refractivity contribution in [2.75, 3.05) is 19.8 Å². The maximum Gasteiger partial charge on any atom is 0.333 e. The Balaban J connectivity index is 3.55. The Labute approximate surface area is 157 Å². The molecule has 0 radical (unpaired) electrons. The number of hydrogen-bond acceptors (Lipinski definition) is 6. The topological polar surface area (TPSA) is 93.1 Å². The highest BCUT2D eigenvalue weighted by atomic mass is 16.5. The quantitative estimate of drug-likeness (QED) is 0.231. The number of aliphatic hydroxyl groups excluding tert-OH is 2. The van der Waals surface area contributed by atoms with Gasteiger partial charge in [0.15, 0.2) is 0 Å². The zero-order chi connectivity index (χ0) is 19.6.